The van der Waals surface area contributed by atoms with Gasteiger partial charge in [0.05, 0.1) is 12.7 Å². The maximum absolute atomic E-state index is 11.2. The summed E-state index contributed by atoms with van der Waals surface area (Å²) in [6, 6.07) is 0. The van der Waals surface area contributed by atoms with Crippen LogP contribution in [0.3, 0.4) is 0 Å². The van der Waals surface area contributed by atoms with Crippen molar-refractivity contribution >= 4 is 5.91 Å². The Bertz CT molecular complexity index is 172. The van der Waals surface area contributed by atoms with Gasteiger partial charge >= 0.3 is 0 Å². The highest BCUT2D eigenvalue weighted by Gasteiger charge is 2.26. The van der Waals surface area contributed by atoms with Crippen LogP contribution < -0.4 is 5.32 Å². The van der Waals surface area contributed by atoms with E-state index in [0.29, 0.717) is 13.0 Å². The van der Waals surface area contributed by atoms with Gasteiger partial charge in [-0.2, -0.15) is 0 Å². The van der Waals surface area contributed by atoms with Crippen molar-refractivity contribution in [2.75, 3.05) is 13.2 Å². The molecule has 3 N–H and O–H groups in total. The maximum Gasteiger partial charge on any atom is 0.220 e. The first-order valence-corrected chi connectivity index (χ1v) is 4.79. The van der Waals surface area contributed by atoms with Gasteiger partial charge < -0.3 is 15.5 Å². The van der Waals surface area contributed by atoms with E-state index in [4.69, 9.17) is 5.11 Å². The van der Waals surface area contributed by atoms with Crippen molar-refractivity contribution < 1.29 is 15.0 Å². The predicted octanol–water partition coefficient (Wildman–Crippen LogP) is -0.354. The number of amides is 1. The molecule has 76 valence electrons. The Labute approximate surface area is 78.0 Å². The minimum absolute atomic E-state index is 0.0288. The van der Waals surface area contributed by atoms with Crippen molar-refractivity contribution in [1.82, 2.24) is 5.32 Å². The molecule has 0 aliphatic heterocycles. The summed E-state index contributed by atoms with van der Waals surface area (Å²) in [5, 5.41) is 20.5. The second-order valence-corrected chi connectivity index (χ2v) is 3.54. The van der Waals surface area contributed by atoms with Crippen molar-refractivity contribution in [3.05, 3.63) is 0 Å². The smallest absolute Gasteiger partial charge is 0.220 e. The molecule has 0 heterocycles. The summed E-state index contributed by atoms with van der Waals surface area (Å²) >= 11 is 0. The van der Waals surface area contributed by atoms with E-state index in [0.717, 1.165) is 19.3 Å². The van der Waals surface area contributed by atoms with E-state index < -0.39 is 0 Å². The number of hydrogen-bond acceptors (Lipinski definition) is 3. The van der Waals surface area contributed by atoms with Crippen LogP contribution in [0.1, 0.15) is 25.7 Å². The van der Waals surface area contributed by atoms with Gasteiger partial charge in [0.2, 0.25) is 5.91 Å². The molecule has 13 heavy (non-hydrogen) atoms. The monoisotopic (exact) mass is 187 g/mol. The summed E-state index contributed by atoms with van der Waals surface area (Å²) in [5.74, 6) is 0.0543. The number of rotatable bonds is 4. The van der Waals surface area contributed by atoms with Crippen LogP contribution in [0.25, 0.3) is 0 Å². The molecule has 1 aliphatic rings. The molecule has 0 spiro atoms. The summed E-state index contributed by atoms with van der Waals surface area (Å²) in [6.07, 6.45) is 2.85. The molecule has 1 amide bonds. The molecule has 0 aromatic carbocycles. The Morgan fingerprint density at radius 2 is 2.23 bits per heavy atom. The maximum atomic E-state index is 11.2. The number of aliphatic hydroxyl groups is 2. The van der Waals surface area contributed by atoms with E-state index in [1.807, 2.05) is 0 Å². The van der Waals surface area contributed by atoms with Crippen molar-refractivity contribution in [3.8, 4) is 0 Å². The Morgan fingerprint density at radius 1 is 1.46 bits per heavy atom. The second-order valence-electron chi connectivity index (χ2n) is 3.54. The van der Waals surface area contributed by atoms with Crippen LogP contribution in [0.5, 0.6) is 0 Å². The number of aliphatic hydroxyl groups excluding tert-OH is 2. The zero-order chi connectivity index (χ0) is 9.68. The fraction of sp³-hybridized carbons (Fsp3) is 0.889. The van der Waals surface area contributed by atoms with Crippen LogP contribution in [0.4, 0.5) is 0 Å². The summed E-state index contributed by atoms with van der Waals surface area (Å²) in [5.41, 5.74) is 0. The lowest BCUT2D eigenvalue weighted by Crippen LogP contribution is -2.29. The predicted molar refractivity (Wildman–Crippen MR) is 48.1 cm³/mol. The lowest BCUT2D eigenvalue weighted by Gasteiger charge is -2.13. The fourth-order valence-corrected chi connectivity index (χ4v) is 1.76. The average molecular weight is 187 g/mol. The largest absolute Gasteiger partial charge is 0.395 e. The first-order valence-electron chi connectivity index (χ1n) is 4.79. The van der Waals surface area contributed by atoms with Crippen LogP contribution in [-0.2, 0) is 4.79 Å². The molecule has 0 aromatic heterocycles. The molecule has 0 bridgehead atoms. The number of carbonyl (C=O) groups excluding carboxylic acids is 1. The second kappa shape index (κ2) is 5.19. The average Bonchev–Trinajstić information content (AvgIpc) is 2.48. The van der Waals surface area contributed by atoms with E-state index in [9.17, 15) is 9.90 Å². The Morgan fingerprint density at radius 3 is 2.77 bits per heavy atom. The highest BCUT2D eigenvalue weighted by Crippen LogP contribution is 2.27. The highest BCUT2D eigenvalue weighted by molar-refractivity contribution is 5.76. The molecule has 4 heteroatoms. The summed E-state index contributed by atoms with van der Waals surface area (Å²) < 4.78 is 0. The lowest BCUT2D eigenvalue weighted by atomic mass is 10.0. The molecule has 0 saturated heterocycles. The Kier molecular flexibility index (Phi) is 4.18. The van der Waals surface area contributed by atoms with Crippen molar-refractivity contribution in [3.63, 3.8) is 0 Å². The van der Waals surface area contributed by atoms with Crippen LogP contribution in [-0.4, -0.2) is 35.4 Å². The van der Waals surface area contributed by atoms with Gasteiger partial charge in [-0.25, -0.2) is 0 Å². The molecule has 0 aromatic rings. The first kappa shape index (κ1) is 10.5. The van der Waals surface area contributed by atoms with Gasteiger partial charge in [0, 0.05) is 13.0 Å². The normalized spacial score (nSPS) is 27.5. The van der Waals surface area contributed by atoms with E-state index in [-0.39, 0.29) is 24.5 Å². The van der Waals surface area contributed by atoms with Gasteiger partial charge in [0.1, 0.15) is 0 Å². The molecule has 1 aliphatic carbocycles. The molecule has 0 radical (unpaired) electrons. The Hall–Kier alpha value is -0.610. The third-order valence-corrected chi connectivity index (χ3v) is 2.50. The standard InChI is InChI=1S/C9H17NO3/c11-5-4-10-9(13)6-7-2-1-3-8(7)12/h7-8,11-12H,1-6H2,(H,10,13). The molecule has 1 saturated carbocycles. The van der Waals surface area contributed by atoms with Crippen molar-refractivity contribution in [2.24, 2.45) is 5.92 Å². The molecule has 1 fully saturated rings. The lowest BCUT2D eigenvalue weighted by molar-refractivity contribution is -0.122. The van der Waals surface area contributed by atoms with Crippen molar-refractivity contribution in [2.45, 2.75) is 31.8 Å². The summed E-state index contributed by atoms with van der Waals surface area (Å²) in [7, 11) is 0. The first-order chi connectivity index (χ1) is 6.24. The Balaban J connectivity index is 2.19. The van der Waals surface area contributed by atoms with Gasteiger partial charge in [-0.05, 0) is 18.8 Å². The van der Waals surface area contributed by atoms with Crippen LogP contribution in [0.15, 0.2) is 0 Å². The summed E-state index contributed by atoms with van der Waals surface area (Å²) in [6.45, 7) is 0.278. The van der Waals surface area contributed by atoms with Gasteiger partial charge in [0.25, 0.3) is 0 Å². The molecule has 2 atom stereocenters. The molecule has 4 nitrogen and oxygen atoms in total. The fourth-order valence-electron chi connectivity index (χ4n) is 1.76. The topological polar surface area (TPSA) is 69.6 Å². The third-order valence-electron chi connectivity index (χ3n) is 2.50. The third kappa shape index (κ3) is 3.32. The van der Waals surface area contributed by atoms with E-state index in [1.54, 1.807) is 0 Å². The number of carbonyl (C=O) groups is 1. The van der Waals surface area contributed by atoms with Crippen LogP contribution >= 0.6 is 0 Å². The van der Waals surface area contributed by atoms with Gasteiger partial charge in [0.15, 0.2) is 0 Å². The molecule has 2 unspecified atom stereocenters. The molecular formula is C9H17NO3. The van der Waals surface area contributed by atoms with E-state index >= 15 is 0 Å². The van der Waals surface area contributed by atoms with Crippen LogP contribution in [0.2, 0.25) is 0 Å². The minimum Gasteiger partial charge on any atom is -0.395 e. The van der Waals surface area contributed by atoms with Gasteiger partial charge in [-0.1, -0.05) is 6.42 Å². The van der Waals surface area contributed by atoms with Gasteiger partial charge in [-0.3, -0.25) is 4.79 Å². The SMILES string of the molecule is O=C(CC1CCCC1O)NCCO. The van der Waals surface area contributed by atoms with E-state index in [2.05, 4.69) is 5.32 Å². The number of nitrogens with one attached hydrogen (secondary N) is 1. The highest BCUT2D eigenvalue weighted by atomic mass is 16.3. The molecule has 1 rings (SSSR count). The minimum atomic E-state index is -0.306. The number of hydrogen-bond donors (Lipinski definition) is 3. The van der Waals surface area contributed by atoms with Crippen LogP contribution in [0, 0.1) is 5.92 Å². The van der Waals surface area contributed by atoms with Crippen molar-refractivity contribution in [1.29, 1.82) is 0 Å². The summed E-state index contributed by atoms with van der Waals surface area (Å²) in [4.78, 5) is 11.2. The van der Waals surface area contributed by atoms with E-state index in [1.165, 1.54) is 0 Å². The molecular weight excluding hydrogens is 170 g/mol. The zero-order valence-electron chi connectivity index (χ0n) is 7.70. The zero-order valence-corrected chi connectivity index (χ0v) is 7.70. The van der Waals surface area contributed by atoms with Gasteiger partial charge in [-0.15, -0.1) is 0 Å². The quantitative estimate of drug-likeness (QED) is 0.563.